The number of carbonyl (C=O) groups excluding carboxylic acids is 1. The summed E-state index contributed by atoms with van der Waals surface area (Å²) >= 11 is 0. The van der Waals surface area contributed by atoms with Crippen molar-refractivity contribution >= 4 is 11.6 Å². The van der Waals surface area contributed by atoms with Crippen molar-refractivity contribution in [2.75, 3.05) is 5.73 Å². The Kier molecular flexibility index (Phi) is 3.83. The molecule has 1 aliphatic rings. The van der Waals surface area contributed by atoms with Gasteiger partial charge in [-0.3, -0.25) is 4.79 Å². The highest BCUT2D eigenvalue weighted by atomic mass is 16.1. The van der Waals surface area contributed by atoms with E-state index in [1.54, 1.807) is 0 Å². The molecule has 3 N–H and O–H groups in total. The molecule has 1 atom stereocenters. The lowest BCUT2D eigenvalue weighted by Crippen LogP contribution is -2.35. The molecule has 1 aliphatic carbocycles. The van der Waals surface area contributed by atoms with Gasteiger partial charge in [0.25, 0.3) is 0 Å². The van der Waals surface area contributed by atoms with E-state index in [0.29, 0.717) is 6.54 Å². The summed E-state index contributed by atoms with van der Waals surface area (Å²) in [4.78, 5) is 12.3. The van der Waals surface area contributed by atoms with E-state index < -0.39 is 0 Å². The van der Waals surface area contributed by atoms with Gasteiger partial charge >= 0.3 is 0 Å². The summed E-state index contributed by atoms with van der Waals surface area (Å²) in [5.74, 6) is 0.332. The van der Waals surface area contributed by atoms with Crippen molar-refractivity contribution in [2.45, 2.75) is 46.6 Å². The van der Waals surface area contributed by atoms with Gasteiger partial charge in [0.2, 0.25) is 5.91 Å². The summed E-state index contributed by atoms with van der Waals surface area (Å²) in [6.45, 7) is 6.95. The molecule has 0 radical (unpaired) electrons. The first-order chi connectivity index (χ1) is 8.92. The fourth-order valence-electron chi connectivity index (χ4n) is 3.01. The minimum atomic E-state index is 0.134. The van der Waals surface area contributed by atoms with Crippen molar-refractivity contribution in [1.82, 2.24) is 5.32 Å². The molecule has 1 fully saturated rings. The highest BCUT2D eigenvalue weighted by Gasteiger charge is 2.39. The number of amides is 1. The highest BCUT2D eigenvalue weighted by Crippen LogP contribution is 2.42. The molecule has 0 saturated heterocycles. The summed E-state index contributed by atoms with van der Waals surface area (Å²) in [6.07, 6.45) is 3.31. The van der Waals surface area contributed by atoms with Crippen LogP contribution in [0.1, 0.15) is 44.2 Å². The lowest BCUT2D eigenvalue weighted by atomic mass is 9.81. The van der Waals surface area contributed by atoms with Crippen LogP contribution in [0.25, 0.3) is 0 Å². The molecule has 2 rings (SSSR count). The minimum Gasteiger partial charge on any atom is -0.399 e. The molecule has 0 bridgehead atoms. The normalized spacial score (nSPS) is 21.3. The number of benzene rings is 1. The van der Waals surface area contributed by atoms with Crippen molar-refractivity contribution in [2.24, 2.45) is 11.3 Å². The van der Waals surface area contributed by atoms with Gasteiger partial charge in [-0.05, 0) is 42.4 Å². The monoisotopic (exact) mass is 260 g/mol. The third-order valence-electron chi connectivity index (χ3n) is 4.51. The number of anilines is 1. The van der Waals surface area contributed by atoms with Crippen molar-refractivity contribution in [3.8, 4) is 0 Å². The number of hydrogen-bond acceptors (Lipinski definition) is 2. The summed E-state index contributed by atoms with van der Waals surface area (Å²) in [7, 11) is 0. The standard InChI is InChI=1S/C16H24N2O/c1-11-12(6-4-8-14(11)17)10-18-15(19)13-7-5-9-16(13,2)3/h4,6,8,13H,5,7,9-10,17H2,1-3H3,(H,18,19). The van der Waals surface area contributed by atoms with Crippen LogP contribution in [-0.4, -0.2) is 5.91 Å². The molecule has 0 aliphatic heterocycles. The average molecular weight is 260 g/mol. The van der Waals surface area contributed by atoms with Gasteiger partial charge < -0.3 is 11.1 Å². The SMILES string of the molecule is Cc1c(N)cccc1CNC(=O)C1CCCC1(C)C. The molecule has 3 nitrogen and oxygen atoms in total. The van der Waals surface area contributed by atoms with Crippen LogP contribution in [0.15, 0.2) is 18.2 Å². The number of hydrogen-bond donors (Lipinski definition) is 2. The lowest BCUT2D eigenvalue weighted by Gasteiger charge is -2.26. The number of nitrogens with two attached hydrogens (primary N) is 1. The van der Waals surface area contributed by atoms with Crippen molar-refractivity contribution in [3.63, 3.8) is 0 Å². The maximum atomic E-state index is 12.3. The topological polar surface area (TPSA) is 55.1 Å². The number of nitrogens with one attached hydrogen (secondary N) is 1. The lowest BCUT2D eigenvalue weighted by molar-refractivity contribution is -0.127. The minimum absolute atomic E-state index is 0.134. The van der Waals surface area contributed by atoms with Gasteiger partial charge in [-0.2, -0.15) is 0 Å². The van der Waals surface area contributed by atoms with Gasteiger partial charge in [-0.1, -0.05) is 32.4 Å². The average Bonchev–Trinajstić information content (AvgIpc) is 2.70. The maximum absolute atomic E-state index is 12.3. The molecule has 1 aromatic carbocycles. The zero-order valence-corrected chi connectivity index (χ0v) is 12.1. The van der Waals surface area contributed by atoms with Crippen LogP contribution >= 0.6 is 0 Å². The Morgan fingerprint density at radius 1 is 1.47 bits per heavy atom. The van der Waals surface area contributed by atoms with Crippen LogP contribution in [0.5, 0.6) is 0 Å². The first-order valence-corrected chi connectivity index (χ1v) is 7.03. The van der Waals surface area contributed by atoms with Crippen LogP contribution in [0, 0.1) is 18.3 Å². The van der Waals surface area contributed by atoms with Crippen molar-refractivity contribution in [3.05, 3.63) is 29.3 Å². The van der Waals surface area contributed by atoms with Crippen molar-refractivity contribution in [1.29, 1.82) is 0 Å². The molecule has 0 aromatic heterocycles. The van der Waals surface area contributed by atoms with Crippen LogP contribution in [0.2, 0.25) is 0 Å². The van der Waals surface area contributed by atoms with Gasteiger partial charge in [-0.25, -0.2) is 0 Å². The third kappa shape index (κ3) is 2.91. The zero-order valence-electron chi connectivity index (χ0n) is 12.1. The maximum Gasteiger partial charge on any atom is 0.223 e. The second kappa shape index (κ2) is 5.24. The molecule has 0 heterocycles. The van der Waals surface area contributed by atoms with E-state index in [4.69, 9.17) is 5.73 Å². The van der Waals surface area contributed by atoms with Crippen molar-refractivity contribution < 1.29 is 4.79 Å². The van der Waals surface area contributed by atoms with Crippen LogP contribution in [0.4, 0.5) is 5.69 Å². The van der Waals surface area contributed by atoms with Gasteiger partial charge in [0.15, 0.2) is 0 Å². The smallest absolute Gasteiger partial charge is 0.223 e. The Morgan fingerprint density at radius 3 is 2.84 bits per heavy atom. The molecule has 1 amide bonds. The number of nitrogen functional groups attached to an aromatic ring is 1. The Balaban J connectivity index is 1.99. The first-order valence-electron chi connectivity index (χ1n) is 7.03. The van der Waals surface area contributed by atoms with E-state index in [2.05, 4.69) is 19.2 Å². The molecule has 0 spiro atoms. The van der Waals surface area contributed by atoms with Gasteiger partial charge in [0.1, 0.15) is 0 Å². The summed E-state index contributed by atoms with van der Waals surface area (Å²) in [6, 6.07) is 5.84. The summed E-state index contributed by atoms with van der Waals surface area (Å²) in [5, 5.41) is 3.07. The van der Waals surface area contributed by atoms with E-state index >= 15 is 0 Å². The van der Waals surface area contributed by atoms with Crippen LogP contribution in [0.3, 0.4) is 0 Å². The van der Waals surface area contributed by atoms with E-state index in [0.717, 1.165) is 36.1 Å². The number of rotatable bonds is 3. The fourth-order valence-corrected chi connectivity index (χ4v) is 3.01. The van der Waals surface area contributed by atoms with E-state index in [1.807, 2.05) is 25.1 Å². The van der Waals surface area contributed by atoms with E-state index in [9.17, 15) is 4.79 Å². The fraction of sp³-hybridized carbons (Fsp3) is 0.562. The van der Waals surface area contributed by atoms with E-state index in [-0.39, 0.29) is 17.2 Å². The molecule has 1 saturated carbocycles. The second-order valence-corrected chi connectivity index (χ2v) is 6.28. The van der Waals surface area contributed by atoms with Gasteiger partial charge in [-0.15, -0.1) is 0 Å². The molecule has 19 heavy (non-hydrogen) atoms. The largest absolute Gasteiger partial charge is 0.399 e. The summed E-state index contributed by atoms with van der Waals surface area (Å²) in [5.41, 5.74) is 8.96. The molecule has 1 unspecified atom stereocenters. The Morgan fingerprint density at radius 2 is 2.21 bits per heavy atom. The second-order valence-electron chi connectivity index (χ2n) is 6.28. The Labute approximate surface area is 115 Å². The zero-order chi connectivity index (χ0) is 14.0. The van der Waals surface area contributed by atoms with Crippen LogP contribution in [-0.2, 0) is 11.3 Å². The molecule has 3 heteroatoms. The molecule has 104 valence electrons. The molecule has 1 aromatic rings. The third-order valence-corrected chi connectivity index (χ3v) is 4.51. The number of carbonyl (C=O) groups is 1. The van der Waals surface area contributed by atoms with Crippen LogP contribution < -0.4 is 11.1 Å². The van der Waals surface area contributed by atoms with E-state index in [1.165, 1.54) is 0 Å². The highest BCUT2D eigenvalue weighted by molar-refractivity contribution is 5.79. The predicted octanol–water partition coefficient (Wildman–Crippen LogP) is 3.02. The summed E-state index contributed by atoms with van der Waals surface area (Å²) < 4.78 is 0. The predicted molar refractivity (Wildman–Crippen MR) is 78.6 cm³/mol. The quantitative estimate of drug-likeness (QED) is 0.821. The molecular weight excluding hydrogens is 236 g/mol. The van der Waals surface area contributed by atoms with Gasteiger partial charge in [0.05, 0.1) is 0 Å². The first kappa shape index (κ1) is 13.9. The molecular formula is C16H24N2O. The Bertz CT molecular complexity index is 480. The Hall–Kier alpha value is -1.51. The van der Waals surface area contributed by atoms with Gasteiger partial charge in [0, 0.05) is 18.2 Å².